The number of nitrogens with one attached hydrogen (secondary N) is 1. The van der Waals surface area contributed by atoms with Crippen molar-refractivity contribution in [2.24, 2.45) is 5.92 Å². The summed E-state index contributed by atoms with van der Waals surface area (Å²) in [5.41, 5.74) is 0.342. The first kappa shape index (κ1) is 15.6. The lowest BCUT2D eigenvalue weighted by Gasteiger charge is -2.30. The Morgan fingerprint density at radius 3 is 2.43 bits per heavy atom. The van der Waals surface area contributed by atoms with Gasteiger partial charge in [0.15, 0.2) is 0 Å². The SMILES string of the molecule is CCCN(CC1CCNCC1)C(=O)c1cc(O)cc(O)c1. The van der Waals surface area contributed by atoms with Gasteiger partial charge in [-0.2, -0.15) is 0 Å². The van der Waals surface area contributed by atoms with Gasteiger partial charge in [-0.25, -0.2) is 0 Å². The van der Waals surface area contributed by atoms with Crippen LogP contribution in [0, 0.1) is 5.92 Å². The minimum atomic E-state index is -0.124. The Bertz CT molecular complexity index is 464. The molecule has 21 heavy (non-hydrogen) atoms. The van der Waals surface area contributed by atoms with Gasteiger partial charge in [-0.05, 0) is 50.4 Å². The van der Waals surface area contributed by atoms with Gasteiger partial charge in [-0.15, -0.1) is 0 Å². The van der Waals surface area contributed by atoms with E-state index in [1.165, 1.54) is 18.2 Å². The summed E-state index contributed by atoms with van der Waals surface area (Å²) in [4.78, 5) is 14.4. The maximum Gasteiger partial charge on any atom is 0.254 e. The molecule has 3 N–H and O–H groups in total. The molecule has 1 saturated heterocycles. The minimum absolute atomic E-state index is 0.0864. The third-order valence-corrected chi connectivity index (χ3v) is 3.87. The number of amides is 1. The molecular weight excluding hydrogens is 268 g/mol. The van der Waals surface area contributed by atoms with Crippen LogP contribution in [-0.4, -0.2) is 47.2 Å². The third-order valence-electron chi connectivity index (χ3n) is 3.87. The topological polar surface area (TPSA) is 72.8 Å². The Morgan fingerprint density at radius 2 is 1.86 bits per heavy atom. The number of nitrogens with zero attached hydrogens (tertiary/aromatic N) is 1. The lowest BCUT2D eigenvalue weighted by atomic mass is 9.97. The predicted octanol–water partition coefficient (Wildman–Crippen LogP) is 1.95. The smallest absolute Gasteiger partial charge is 0.254 e. The third kappa shape index (κ3) is 4.36. The number of rotatable bonds is 5. The van der Waals surface area contributed by atoms with E-state index in [1.807, 2.05) is 11.8 Å². The Hall–Kier alpha value is -1.75. The Morgan fingerprint density at radius 1 is 1.24 bits per heavy atom. The average molecular weight is 292 g/mol. The molecule has 1 amide bonds. The van der Waals surface area contributed by atoms with Crippen LogP contribution in [0.15, 0.2) is 18.2 Å². The number of hydrogen-bond donors (Lipinski definition) is 3. The Labute approximate surface area is 125 Å². The summed E-state index contributed by atoms with van der Waals surface area (Å²) in [5, 5.41) is 22.4. The quantitative estimate of drug-likeness (QED) is 0.775. The predicted molar refractivity (Wildman–Crippen MR) is 81.6 cm³/mol. The van der Waals surface area contributed by atoms with Crippen molar-refractivity contribution in [3.05, 3.63) is 23.8 Å². The van der Waals surface area contributed by atoms with Crippen molar-refractivity contribution in [1.82, 2.24) is 10.2 Å². The van der Waals surface area contributed by atoms with Gasteiger partial charge in [0.05, 0.1) is 0 Å². The molecule has 0 atom stereocenters. The van der Waals surface area contributed by atoms with Crippen LogP contribution >= 0.6 is 0 Å². The number of carbonyl (C=O) groups is 1. The highest BCUT2D eigenvalue weighted by Gasteiger charge is 2.22. The van der Waals surface area contributed by atoms with Crippen molar-refractivity contribution in [1.29, 1.82) is 0 Å². The molecule has 0 aliphatic carbocycles. The molecule has 1 aliphatic heterocycles. The van der Waals surface area contributed by atoms with Gasteiger partial charge in [-0.3, -0.25) is 4.79 Å². The van der Waals surface area contributed by atoms with Crippen LogP contribution in [0.3, 0.4) is 0 Å². The van der Waals surface area contributed by atoms with Crippen LogP contribution in [-0.2, 0) is 0 Å². The number of carbonyl (C=O) groups excluding carboxylic acids is 1. The molecule has 1 aromatic rings. The molecule has 5 nitrogen and oxygen atoms in total. The molecule has 0 aromatic heterocycles. The molecule has 0 bridgehead atoms. The van der Waals surface area contributed by atoms with E-state index in [0.29, 0.717) is 18.0 Å². The van der Waals surface area contributed by atoms with Crippen LogP contribution in [0.1, 0.15) is 36.5 Å². The summed E-state index contributed by atoms with van der Waals surface area (Å²) >= 11 is 0. The van der Waals surface area contributed by atoms with Gasteiger partial charge in [0, 0.05) is 24.7 Å². The number of aromatic hydroxyl groups is 2. The lowest BCUT2D eigenvalue weighted by molar-refractivity contribution is 0.0715. The van der Waals surface area contributed by atoms with Crippen molar-refractivity contribution in [3.63, 3.8) is 0 Å². The van der Waals surface area contributed by atoms with Gasteiger partial charge in [-0.1, -0.05) is 6.92 Å². The van der Waals surface area contributed by atoms with Crippen LogP contribution < -0.4 is 5.32 Å². The first-order chi connectivity index (χ1) is 10.1. The molecule has 0 saturated carbocycles. The van der Waals surface area contributed by atoms with E-state index in [-0.39, 0.29) is 17.4 Å². The normalized spacial score (nSPS) is 15.9. The van der Waals surface area contributed by atoms with Crippen molar-refractivity contribution in [3.8, 4) is 11.5 Å². The standard InChI is InChI=1S/C16H24N2O3/c1-2-7-18(11-12-3-5-17-6-4-12)16(21)13-8-14(19)10-15(20)9-13/h8-10,12,17,19-20H,2-7,11H2,1H3. The summed E-state index contributed by atoms with van der Waals surface area (Å²) in [6, 6.07) is 4.05. The maximum atomic E-state index is 12.6. The number of benzene rings is 1. The second-order valence-electron chi connectivity index (χ2n) is 5.68. The zero-order chi connectivity index (χ0) is 15.2. The first-order valence-corrected chi connectivity index (χ1v) is 7.63. The van der Waals surface area contributed by atoms with Gasteiger partial charge >= 0.3 is 0 Å². The zero-order valence-electron chi connectivity index (χ0n) is 12.5. The highest BCUT2D eigenvalue weighted by Crippen LogP contribution is 2.22. The zero-order valence-corrected chi connectivity index (χ0v) is 12.5. The molecule has 1 aliphatic rings. The van der Waals surface area contributed by atoms with E-state index < -0.39 is 0 Å². The van der Waals surface area contributed by atoms with Gasteiger partial charge in [0.25, 0.3) is 5.91 Å². The van der Waals surface area contributed by atoms with Crippen molar-refractivity contribution >= 4 is 5.91 Å². The van der Waals surface area contributed by atoms with Gasteiger partial charge < -0.3 is 20.4 Å². The number of piperidine rings is 1. The molecule has 0 spiro atoms. The number of phenolic OH excluding ortho intramolecular Hbond substituents is 2. The largest absolute Gasteiger partial charge is 0.508 e. The average Bonchev–Trinajstić information content (AvgIpc) is 2.46. The van der Waals surface area contributed by atoms with E-state index in [9.17, 15) is 15.0 Å². The second-order valence-corrected chi connectivity index (χ2v) is 5.68. The van der Waals surface area contributed by atoms with E-state index in [0.717, 1.165) is 38.9 Å². The van der Waals surface area contributed by atoms with Crippen molar-refractivity contribution in [2.75, 3.05) is 26.2 Å². The highest BCUT2D eigenvalue weighted by atomic mass is 16.3. The number of hydrogen-bond acceptors (Lipinski definition) is 4. The molecule has 0 radical (unpaired) electrons. The molecule has 0 unspecified atom stereocenters. The van der Waals surface area contributed by atoms with E-state index >= 15 is 0 Å². The molecule has 1 aromatic carbocycles. The Kier molecular flexibility index (Phi) is 5.44. The summed E-state index contributed by atoms with van der Waals surface area (Å²) in [6.45, 7) is 5.49. The van der Waals surface area contributed by atoms with Crippen LogP contribution in [0.2, 0.25) is 0 Å². The summed E-state index contributed by atoms with van der Waals surface area (Å²) < 4.78 is 0. The fraction of sp³-hybridized carbons (Fsp3) is 0.562. The van der Waals surface area contributed by atoms with Crippen LogP contribution in [0.4, 0.5) is 0 Å². The lowest BCUT2D eigenvalue weighted by Crippen LogP contribution is -2.39. The van der Waals surface area contributed by atoms with E-state index in [1.54, 1.807) is 0 Å². The molecule has 2 rings (SSSR count). The van der Waals surface area contributed by atoms with Crippen LogP contribution in [0.25, 0.3) is 0 Å². The van der Waals surface area contributed by atoms with Crippen LogP contribution in [0.5, 0.6) is 11.5 Å². The number of phenols is 2. The fourth-order valence-corrected chi connectivity index (χ4v) is 2.82. The van der Waals surface area contributed by atoms with Gasteiger partial charge in [0.1, 0.15) is 11.5 Å². The summed E-state index contributed by atoms with van der Waals surface area (Å²) in [6.07, 6.45) is 3.05. The monoisotopic (exact) mass is 292 g/mol. The highest BCUT2D eigenvalue weighted by molar-refractivity contribution is 5.95. The first-order valence-electron chi connectivity index (χ1n) is 7.63. The second kappa shape index (κ2) is 7.31. The molecule has 5 heteroatoms. The summed E-state index contributed by atoms with van der Waals surface area (Å²) in [5.74, 6) is 0.225. The maximum absolute atomic E-state index is 12.6. The molecular formula is C16H24N2O3. The van der Waals surface area contributed by atoms with Gasteiger partial charge in [0.2, 0.25) is 0 Å². The van der Waals surface area contributed by atoms with E-state index in [4.69, 9.17) is 0 Å². The minimum Gasteiger partial charge on any atom is -0.508 e. The van der Waals surface area contributed by atoms with Crippen molar-refractivity contribution in [2.45, 2.75) is 26.2 Å². The molecule has 116 valence electrons. The molecule has 1 heterocycles. The molecule has 1 fully saturated rings. The summed E-state index contributed by atoms with van der Waals surface area (Å²) in [7, 11) is 0. The van der Waals surface area contributed by atoms with Crippen molar-refractivity contribution < 1.29 is 15.0 Å². The van der Waals surface area contributed by atoms with E-state index in [2.05, 4.69) is 5.32 Å². The fourth-order valence-electron chi connectivity index (χ4n) is 2.82. The Balaban J connectivity index is 2.10.